The molecule has 24 heavy (non-hydrogen) atoms. The van der Waals surface area contributed by atoms with E-state index in [0.29, 0.717) is 5.75 Å². The van der Waals surface area contributed by atoms with Gasteiger partial charge in [0.1, 0.15) is 5.75 Å². The van der Waals surface area contributed by atoms with Crippen molar-refractivity contribution >= 4 is 11.8 Å². The van der Waals surface area contributed by atoms with E-state index >= 15 is 0 Å². The third-order valence-corrected chi connectivity index (χ3v) is 5.40. The van der Waals surface area contributed by atoms with Gasteiger partial charge in [-0.1, -0.05) is 65.4 Å². The Bertz CT molecular complexity index is 711. The highest BCUT2D eigenvalue weighted by atomic mass is 32.2. The summed E-state index contributed by atoms with van der Waals surface area (Å²) < 4.78 is 0. The molecule has 2 aromatic rings. The lowest BCUT2D eigenvalue weighted by Crippen LogP contribution is -2.17. The molecule has 1 nitrogen and oxygen atoms in total. The zero-order valence-electron chi connectivity index (χ0n) is 16.2. The van der Waals surface area contributed by atoms with E-state index in [1.54, 1.807) is 11.8 Å². The van der Waals surface area contributed by atoms with Crippen LogP contribution in [-0.4, -0.2) is 5.11 Å². The number of benzene rings is 2. The molecule has 0 aromatic heterocycles. The summed E-state index contributed by atoms with van der Waals surface area (Å²) in [5.74, 6) is 0.445. The lowest BCUT2D eigenvalue weighted by molar-refractivity contribution is 0.422. The second-order valence-corrected chi connectivity index (χ2v) is 9.85. The SMILES string of the molecule is Cc1ccc(C)c(Sc2cc(C(C)(C)C)c(O)c(C(C)(C)C)c2)c1. The van der Waals surface area contributed by atoms with Gasteiger partial charge < -0.3 is 5.11 Å². The molecule has 0 aliphatic carbocycles. The standard InChI is InChI=1S/C22H30OS/c1-14-9-10-15(2)19(11-14)24-16-12-17(21(3,4)5)20(23)18(13-16)22(6,7)8/h9-13,23H,1-8H3. The van der Waals surface area contributed by atoms with Gasteiger partial charge in [-0.25, -0.2) is 0 Å². The van der Waals surface area contributed by atoms with Gasteiger partial charge in [0.15, 0.2) is 0 Å². The molecule has 0 aliphatic heterocycles. The highest BCUT2D eigenvalue weighted by Crippen LogP contribution is 2.43. The van der Waals surface area contributed by atoms with Crippen LogP contribution in [0.15, 0.2) is 40.1 Å². The van der Waals surface area contributed by atoms with Crippen molar-refractivity contribution in [3.8, 4) is 5.75 Å². The van der Waals surface area contributed by atoms with Crippen LogP contribution in [-0.2, 0) is 10.8 Å². The summed E-state index contributed by atoms with van der Waals surface area (Å²) >= 11 is 1.79. The predicted molar refractivity (Wildman–Crippen MR) is 106 cm³/mol. The molecule has 0 unspecified atom stereocenters. The molecule has 0 aliphatic rings. The maximum Gasteiger partial charge on any atom is 0.123 e. The molecule has 2 heteroatoms. The maximum atomic E-state index is 10.8. The largest absolute Gasteiger partial charge is 0.507 e. The maximum absolute atomic E-state index is 10.8. The van der Waals surface area contributed by atoms with Crippen LogP contribution in [0.25, 0.3) is 0 Å². The van der Waals surface area contributed by atoms with Crippen molar-refractivity contribution in [2.75, 3.05) is 0 Å². The second kappa shape index (κ2) is 6.48. The summed E-state index contributed by atoms with van der Waals surface area (Å²) in [5, 5.41) is 10.8. The Balaban J connectivity index is 2.60. The lowest BCUT2D eigenvalue weighted by atomic mass is 9.79. The fourth-order valence-electron chi connectivity index (χ4n) is 2.75. The van der Waals surface area contributed by atoms with E-state index in [4.69, 9.17) is 0 Å². The fourth-order valence-corrected chi connectivity index (χ4v) is 3.84. The quantitative estimate of drug-likeness (QED) is 0.651. The van der Waals surface area contributed by atoms with E-state index in [1.807, 2.05) is 0 Å². The molecular formula is C22H30OS. The highest BCUT2D eigenvalue weighted by molar-refractivity contribution is 7.99. The Hall–Kier alpha value is -1.41. The summed E-state index contributed by atoms with van der Waals surface area (Å²) in [4.78, 5) is 2.47. The van der Waals surface area contributed by atoms with Gasteiger partial charge in [0, 0.05) is 20.9 Å². The number of phenols is 1. The van der Waals surface area contributed by atoms with Crippen LogP contribution >= 0.6 is 11.8 Å². The predicted octanol–water partition coefficient (Wildman–Crippen LogP) is 6.76. The third-order valence-electron chi connectivity index (χ3n) is 4.27. The minimum absolute atomic E-state index is 0.0949. The van der Waals surface area contributed by atoms with E-state index in [2.05, 4.69) is 85.7 Å². The van der Waals surface area contributed by atoms with Crippen LogP contribution < -0.4 is 0 Å². The van der Waals surface area contributed by atoms with Gasteiger partial charge in [0.25, 0.3) is 0 Å². The fraction of sp³-hybridized carbons (Fsp3) is 0.455. The third kappa shape index (κ3) is 4.16. The first-order chi connectivity index (χ1) is 10.9. The molecule has 0 saturated carbocycles. The van der Waals surface area contributed by atoms with Crippen molar-refractivity contribution in [2.24, 2.45) is 0 Å². The Labute approximate surface area is 151 Å². The van der Waals surface area contributed by atoms with Crippen molar-refractivity contribution < 1.29 is 5.11 Å². The van der Waals surface area contributed by atoms with E-state index < -0.39 is 0 Å². The first-order valence-electron chi connectivity index (χ1n) is 8.52. The molecule has 2 aromatic carbocycles. The Kier molecular flexibility index (Phi) is 5.11. The highest BCUT2D eigenvalue weighted by Gasteiger charge is 2.26. The van der Waals surface area contributed by atoms with E-state index in [0.717, 1.165) is 11.1 Å². The number of aryl methyl sites for hydroxylation is 2. The van der Waals surface area contributed by atoms with Crippen molar-refractivity contribution in [1.82, 2.24) is 0 Å². The molecule has 130 valence electrons. The van der Waals surface area contributed by atoms with Crippen LogP contribution in [0.5, 0.6) is 5.75 Å². The van der Waals surface area contributed by atoms with Gasteiger partial charge in [-0.05, 0) is 54.0 Å². The topological polar surface area (TPSA) is 20.2 Å². The average Bonchev–Trinajstić information content (AvgIpc) is 2.42. The normalized spacial score (nSPS) is 12.5. The van der Waals surface area contributed by atoms with Crippen LogP contribution in [0.4, 0.5) is 0 Å². The second-order valence-electron chi connectivity index (χ2n) is 8.74. The lowest BCUT2D eigenvalue weighted by Gasteiger charge is -2.28. The van der Waals surface area contributed by atoms with Crippen LogP contribution in [0.2, 0.25) is 0 Å². The van der Waals surface area contributed by atoms with E-state index in [9.17, 15) is 5.11 Å². The van der Waals surface area contributed by atoms with Gasteiger partial charge in [-0.3, -0.25) is 0 Å². The minimum Gasteiger partial charge on any atom is -0.507 e. The van der Waals surface area contributed by atoms with Crippen LogP contribution in [0, 0.1) is 13.8 Å². The van der Waals surface area contributed by atoms with E-state index in [1.165, 1.54) is 20.9 Å². The van der Waals surface area contributed by atoms with Crippen LogP contribution in [0.1, 0.15) is 63.8 Å². The Morgan fingerprint density at radius 1 is 0.792 bits per heavy atom. The molecule has 0 heterocycles. The van der Waals surface area contributed by atoms with Gasteiger partial charge in [0.2, 0.25) is 0 Å². The summed E-state index contributed by atoms with van der Waals surface area (Å²) in [7, 11) is 0. The van der Waals surface area contributed by atoms with Crippen molar-refractivity contribution in [2.45, 2.75) is 76.0 Å². The molecule has 2 rings (SSSR count). The van der Waals surface area contributed by atoms with Crippen molar-refractivity contribution in [3.63, 3.8) is 0 Å². The van der Waals surface area contributed by atoms with Crippen molar-refractivity contribution in [3.05, 3.63) is 52.6 Å². The molecule has 0 fully saturated rings. The summed E-state index contributed by atoms with van der Waals surface area (Å²) in [6.07, 6.45) is 0. The van der Waals surface area contributed by atoms with Crippen LogP contribution in [0.3, 0.4) is 0 Å². The van der Waals surface area contributed by atoms with Gasteiger partial charge in [-0.2, -0.15) is 0 Å². The Morgan fingerprint density at radius 3 is 1.75 bits per heavy atom. The molecular weight excluding hydrogens is 312 g/mol. The summed E-state index contributed by atoms with van der Waals surface area (Å²) in [6.45, 7) is 17.2. The first kappa shape index (κ1) is 18.9. The number of aromatic hydroxyl groups is 1. The number of phenolic OH excluding ortho intramolecular Hbond substituents is 1. The van der Waals surface area contributed by atoms with Gasteiger partial charge >= 0.3 is 0 Å². The molecule has 0 atom stereocenters. The molecule has 0 radical (unpaired) electrons. The van der Waals surface area contributed by atoms with Crippen molar-refractivity contribution in [1.29, 1.82) is 0 Å². The molecule has 0 spiro atoms. The van der Waals surface area contributed by atoms with Gasteiger partial charge in [0.05, 0.1) is 0 Å². The zero-order valence-corrected chi connectivity index (χ0v) is 17.1. The smallest absolute Gasteiger partial charge is 0.123 e. The number of rotatable bonds is 2. The monoisotopic (exact) mass is 342 g/mol. The first-order valence-corrected chi connectivity index (χ1v) is 9.34. The minimum atomic E-state index is -0.0949. The molecule has 0 bridgehead atoms. The summed E-state index contributed by atoms with van der Waals surface area (Å²) in [5.41, 5.74) is 4.40. The average molecular weight is 343 g/mol. The van der Waals surface area contributed by atoms with E-state index in [-0.39, 0.29) is 10.8 Å². The molecule has 0 amide bonds. The van der Waals surface area contributed by atoms with Gasteiger partial charge in [-0.15, -0.1) is 0 Å². The Morgan fingerprint density at radius 2 is 1.29 bits per heavy atom. The number of hydrogen-bond donors (Lipinski definition) is 1. The number of hydrogen-bond acceptors (Lipinski definition) is 2. The molecule has 0 saturated heterocycles. The molecule has 1 N–H and O–H groups in total. The zero-order chi connectivity index (χ0) is 18.3. The summed E-state index contributed by atoms with van der Waals surface area (Å²) in [6, 6.07) is 10.9.